The molecule has 0 spiro atoms. The molecular weight excluding hydrogens is 278 g/mol. The second-order valence-electron chi connectivity index (χ2n) is 5.82. The lowest BCUT2D eigenvalue weighted by Crippen LogP contribution is -2.41. The van der Waals surface area contributed by atoms with Gasteiger partial charge >= 0.3 is 0 Å². The smallest absolute Gasteiger partial charge is 0.231 e. The van der Waals surface area contributed by atoms with Crippen LogP contribution in [0, 0.1) is 5.41 Å². The number of amides is 1. The molecule has 5 nitrogen and oxygen atoms in total. The van der Waals surface area contributed by atoms with E-state index in [1.54, 1.807) is 0 Å². The molecule has 0 aliphatic rings. The summed E-state index contributed by atoms with van der Waals surface area (Å²) in [5, 5.41) is 2.95. The van der Waals surface area contributed by atoms with Gasteiger partial charge in [0.25, 0.3) is 0 Å². The number of ether oxygens (including phenoxy) is 1. The average Bonchev–Trinajstić information content (AvgIpc) is 2.51. The summed E-state index contributed by atoms with van der Waals surface area (Å²) in [6.45, 7) is 5.86. The largest absolute Gasteiger partial charge is 0.492 e. The van der Waals surface area contributed by atoms with Gasteiger partial charge in [-0.2, -0.15) is 0 Å². The van der Waals surface area contributed by atoms with Gasteiger partial charge in [-0.15, -0.1) is 0 Å². The number of nitrogens with zero attached hydrogens (tertiary/aromatic N) is 1. The summed E-state index contributed by atoms with van der Waals surface area (Å²) in [5.41, 5.74) is 6.08. The molecule has 0 aromatic heterocycles. The van der Waals surface area contributed by atoms with Gasteiger partial charge < -0.3 is 20.7 Å². The molecule has 0 atom stereocenters. The van der Waals surface area contributed by atoms with E-state index < -0.39 is 5.41 Å². The molecule has 0 bridgehead atoms. The number of anilines is 1. The van der Waals surface area contributed by atoms with Crippen molar-refractivity contribution in [2.75, 3.05) is 39.1 Å². The van der Waals surface area contributed by atoms with Crippen LogP contribution in [0.3, 0.4) is 0 Å². The molecule has 1 amide bonds. The maximum atomic E-state index is 12.4. The van der Waals surface area contributed by atoms with Crippen LogP contribution in [0.1, 0.15) is 26.7 Å². The Morgan fingerprint density at radius 3 is 2.27 bits per heavy atom. The normalized spacial score (nSPS) is 11.5. The Balaban J connectivity index is 2.62. The van der Waals surface area contributed by atoms with Crippen molar-refractivity contribution in [1.29, 1.82) is 0 Å². The Labute approximate surface area is 133 Å². The highest BCUT2D eigenvalue weighted by Crippen LogP contribution is 2.27. The van der Waals surface area contributed by atoms with Gasteiger partial charge in [-0.05, 0) is 51.2 Å². The number of nitrogens with two attached hydrogens (primary N) is 1. The fraction of sp³-hybridized carbons (Fsp3) is 0.588. The minimum Gasteiger partial charge on any atom is -0.492 e. The summed E-state index contributed by atoms with van der Waals surface area (Å²) in [6.07, 6.45) is 1.47. The SMILES string of the molecule is CCC(CC)(CN)C(=O)Nc1ccc(OCCN(C)C)cc1. The van der Waals surface area contributed by atoms with Crippen molar-refractivity contribution < 1.29 is 9.53 Å². The third-order valence-electron chi connectivity index (χ3n) is 4.15. The molecule has 0 fully saturated rings. The lowest BCUT2D eigenvalue weighted by Gasteiger charge is -2.28. The van der Waals surface area contributed by atoms with Crippen molar-refractivity contribution in [1.82, 2.24) is 4.90 Å². The fourth-order valence-electron chi connectivity index (χ4n) is 2.20. The Kier molecular flexibility index (Phi) is 7.35. The quantitative estimate of drug-likeness (QED) is 0.735. The zero-order valence-electron chi connectivity index (χ0n) is 14.2. The van der Waals surface area contributed by atoms with Gasteiger partial charge in [-0.25, -0.2) is 0 Å². The molecule has 0 aliphatic carbocycles. The standard InChI is InChI=1S/C17H29N3O2/c1-5-17(6-2,13-18)16(21)19-14-7-9-15(10-8-14)22-12-11-20(3)4/h7-10H,5-6,11-13,18H2,1-4H3,(H,19,21). The van der Waals surface area contributed by atoms with Gasteiger partial charge in [-0.1, -0.05) is 13.8 Å². The molecule has 124 valence electrons. The van der Waals surface area contributed by atoms with Crippen LogP contribution in [-0.2, 0) is 4.79 Å². The summed E-state index contributed by atoms with van der Waals surface area (Å²) in [4.78, 5) is 14.5. The third-order valence-corrected chi connectivity index (χ3v) is 4.15. The highest BCUT2D eigenvalue weighted by Gasteiger charge is 2.33. The molecule has 1 rings (SSSR count). The Hall–Kier alpha value is -1.59. The number of hydrogen-bond donors (Lipinski definition) is 2. The summed E-state index contributed by atoms with van der Waals surface area (Å²) in [5.74, 6) is 0.789. The number of carbonyl (C=O) groups excluding carboxylic acids is 1. The molecular formula is C17H29N3O2. The number of benzene rings is 1. The van der Waals surface area contributed by atoms with Crippen LogP contribution >= 0.6 is 0 Å². The van der Waals surface area contributed by atoms with E-state index in [0.717, 1.165) is 30.8 Å². The summed E-state index contributed by atoms with van der Waals surface area (Å²) in [6, 6.07) is 7.45. The lowest BCUT2D eigenvalue weighted by molar-refractivity contribution is -0.125. The van der Waals surface area contributed by atoms with Gasteiger partial charge in [-0.3, -0.25) is 4.79 Å². The molecule has 0 saturated carbocycles. The van der Waals surface area contributed by atoms with Crippen LogP contribution in [0.5, 0.6) is 5.75 Å². The average molecular weight is 307 g/mol. The fourth-order valence-corrected chi connectivity index (χ4v) is 2.20. The van der Waals surface area contributed by atoms with E-state index in [4.69, 9.17) is 10.5 Å². The Morgan fingerprint density at radius 1 is 1.23 bits per heavy atom. The number of rotatable bonds is 9. The number of hydrogen-bond acceptors (Lipinski definition) is 4. The minimum absolute atomic E-state index is 0.0127. The first kappa shape index (κ1) is 18.5. The molecule has 1 aromatic rings. The number of nitrogens with one attached hydrogen (secondary N) is 1. The molecule has 0 aliphatic heterocycles. The highest BCUT2D eigenvalue weighted by atomic mass is 16.5. The maximum Gasteiger partial charge on any atom is 0.231 e. The third kappa shape index (κ3) is 5.00. The topological polar surface area (TPSA) is 67.6 Å². The Bertz CT molecular complexity index is 445. The molecule has 1 aromatic carbocycles. The van der Waals surface area contributed by atoms with E-state index in [1.165, 1.54) is 0 Å². The van der Waals surface area contributed by atoms with Crippen LogP contribution in [0.25, 0.3) is 0 Å². The first-order valence-corrected chi connectivity index (χ1v) is 7.86. The second-order valence-corrected chi connectivity index (χ2v) is 5.82. The summed E-state index contributed by atoms with van der Waals surface area (Å²) >= 11 is 0. The predicted octanol–water partition coefficient (Wildman–Crippen LogP) is 2.33. The lowest BCUT2D eigenvalue weighted by atomic mass is 9.81. The number of carbonyl (C=O) groups is 1. The van der Waals surface area contributed by atoms with Gasteiger partial charge in [0.1, 0.15) is 12.4 Å². The second kappa shape index (κ2) is 8.76. The van der Waals surface area contributed by atoms with E-state index in [0.29, 0.717) is 13.2 Å². The zero-order chi connectivity index (χ0) is 16.6. The van der Waals surface area contributed by atoms with Crippen molar-refractivity contribution in [2.24, 2.45) is 11.1 Å². The van der Waals surface area contributed by atoms with E-state index in [2.05, 4.69) is 10.2 Å². The predicted molar refractivity (Wildman–Crippen MR) is 91.2 cm³/mol. The van der Waals surface area contributed by atoms with Crippen molar-refractivity contribution in [3.8, 4) is 5.75 Å². The highest BCUT2D eigenvalue weighted by molar-refractivity contribution is 5.95. The van der Waals surface area contributed by atoms with Crippen LogP contribution in [0.4, 0.5) is 5.69 Å². The zero-order valence-corrected chi connectivity index (χ0v) is 14.2. The van der Waals surface area contributed by atoms with Gasteiger partial charge in [0, 0.05) is 18.8 Å². The monoisotopic (exact) mass is 307 g/mol. The molecule has 5 heteroatoms. The van der Waals surface area contributed by atoms with E-state index in [-0.39, 0.29) is 5.91 Å². The molecule has 0 radical (unpaired) electrons. The van der Waals surface area contributed by atoms with Crippen LogP contribution in [0.15, 0.2) is 24.3 Å². The van der Waals surface area contributed by atoms with E-state index >= 15 is 0 Å². The van der Waals surface area contributed by atoms with Gasteiger partial charge in [0.15, 0.2) is 0 Å². The minimum atomic E-state index is -0.485. The maximum absolute atomic E-state index is 12.4. The molecule has 0 saturated heterocycles. The van der Waals surface area contributed by atoms with Crippen molar-refractivity contribution >= 4 is 11.6 Å². The first-order valence-electron chi connectivity index (χ1n) is 7.86. The van der Waals surface area contributed by atoms with Gasteiger partial charge in [0.2, 0.25) is 5.91 Å². The molecule has 3 N–H and O–H groups in total. The molecule has 22 heavy (non-hydrogen) atoms. The van der Waals surface area contributed by atoms with Crippen molar-refractivity contribution in [2.45, 2.75) is 26.7 Å². The molecule has 0 heterocycles. The van der Waals surface area contributed by atoms with E-state index in [1.807, 2.05) is 52.2 Å². The first-order chi connectivity index (χ1) is 10.5. The van der Waals surface area contributed by atoms with Gasteiger partial charge in [0.05, 0.1) is 5.41 Å². The Morgan fingerprint density at radius 2 is 1.82 bits per heavy atom. The van der Waals surface area contributed by atoms with Crippen LogP contribution in [0.2, 0.25) is 0 Å². The van der Waals surface area contributed by atoms with E-state index in [9.17, 15) is 4.79 Å². The van der Waals surface area contributed by atoms with Crippen LogP contribution in [-0.4, -0.2) is 44.6 Å². The summed E-state index contributed by atoms with van der Waals surface area (Å²) in [7, 11) is 4.01. The summed E-state index contributed by atoms with van der Waals surface area (Å²) < 4.78 is 5.63. The number of likely N-dealkylation sites (N-methyl/N-ethyl adjacent to an activating group) is 1. The van der Waals surface area contributed by atoms with Crippen LogP contribution < -0.4 is 15.8 Å². The molecule has 0 unspecified atom stereocenters. The van der Waals surface area contributed by atoms with Crippen molar-refractivity contribution in [3.63, 3.8) is 0 Å². The van der Waals surface area contributed by atoms with Crippen molar-refractivity contribution in [3.05, 3.63) is 24.3 Å².